The molecule has 3 aliphatic rings. The van der Waals surface area contributed by atoms with Gasteiger partial charge in [0.05, 0.1) is 17.4 Å². The molecule has 0 spiro atoms. The van der Waals surface area contributed by atoms with Crippen molar-refractivity contribution in [1.29, 1.82) is 0 Å². The average molecular weight is 322 g/mol. The smallest absolute Gasteiger partial charge is 0.334 e. The number of ketones is 1. The lowest BCUT2D eigenvalue weighted by Gasteiger charge is -2.39. The van der Waals surface area contributed by atoms with Crippen LogP contribution in [0.25, 0.3) is 0 Å². The largest absolute Gasteiger partial charge is 0.461 e. The van der Waals surface area contributed by atoms with E-state index in [0.717, 1.165) is 0 Å². The first-order valence-corrected chi connectivity index (χ1v) is 7.96. The van der Waals surface area contributed by atoms with Crippen LogP contribution in [0.4, 0.5) is 0 Å². The van der Waals surface area contributed by atoms with Gasteiger partial charge in [0.25, 0.3) is 0 Å². The van der Waals surface area contributed by atoms with Gasteiger partial charge in [-0.2, -0.15) is 0 Å². The zero-order valence-corrected chi connectivity index (χ0v) is 13.6. The molecule has 2 aliphatic carbocycles. The Kier molecular flexibility index (Phi) is 3.63. The molecule has 1 aliphatic heterocycles. The summed E-state index contributed by atoms with van der Waals surface area (Å²) in [6.07, 6.45) is -1.54. The Labute approximate surface area is 134 Å². The molecule has 7 atom stereocenters. The molecule has 0 bridgehead atoms. The van der Waals surface area contributed by atoms with Crippen LogP contribution in [-0.4, -0.2) is 41.1 Å². The van der Waals surface area contributed by atoms with Gasteiger partial charge in [0, 0.05) is 24.8 Å². The van der Waals surface area contributed by atoms with Gasteiger partial charge in [-0.1, -0.05) is 13.5 Å². The van der Waals surface area contributed by atoms with E-state index in [2.05, 4.69) is 6.58 Å². The van der Waals surface area contributed by atoms with E-state index in [1.165, 1.54) is 6.92 Å². The van der Waals surface area contributed by atoms with E-state index in [0.29, 0.717) is 6.42 Å². The minimum Gasteiger partial charge on any atom is -0.461 e. The fourth-order valence-electron chi connectivity index (χ4n) is 4.92. The normalized spacial score (nSPS) is 46.0. The molecule has 7 unspecified atom stereocenters. The predicted molar refractivity (Wildman–Crippen MR) is 79.1 cm³/mol. The third-order valence-electron chi connectivity index (χ3n) is 5.85. The zero-order chi connectivity index (χ0) is 17.1. The van der Waals surface area contributed by atoms with E-state index >= 15 is 0 Å². The maximum absolute atomic E-state index is 12.7. The van der Waals surface area contributed by atoms with Crippen molar-refractivity contribution in [3.8, 4) is 0 Å². The van der Waals surface area contributed by atoms with Gasteiger partial charge in [0.2, 0.25) is 0 Å². The second-order valence-electron chi connectivity index (χ2n) is 7.24. The molecule has 0 aromatic carbocycles. The number of ether oxygens (including phenoxy) is 2. The van der Waals surface area contributed by atoms with E-state index in [9.17, 15) is 19.5 Å². The molecule has 2 saturated carbocycles. The second-order valence-corrected chi connectivity index (χ2v) is 7.24. The zero-order valence-electron chi connectivity index (χ0n) is 13.6. The highest BCUT2D eigenvalue weighted by atomic mass is 16.6. The number of fused-ring (bicyclic) bond motifs is 2. The SMILES string of the molecule is C=C1C(=O)OC2CC(C)C3C(O)CC(=O)C3(C)C(OC(C)=O)C12. The lowest BCUT2D eigenvalue weighted by atomic mass is 9.67. The van der Waals surface area contributed by atoms with E-state index in [1.54, 1.807) is 6.92 Å². The fourth-order valence-corrected chi connectivity index (χ4v) is 4.92. The van der Waals surface area contributed by atoms with E-state index in [1.807, 2.05) is 6.92 Å². The second kappa shape index (κ2) is 5.16. The van der Waals surface area contributed by atoms with Crippen LogP contribution in [-0.2, 0) is 23.9 Å². The summed E-state index contributed by atoms with van der Waals surface area (Å²) in [7, 11) is 0. The van der Waals surface area contributed by atoms with Gasteiger partial charge in [-0.25, -0.2) is 4.79 Å². The summed E-state index contributed by atoms with van der Waals surface area (Å²) in [5.41, 5.74) is -0.801. The number of Topliss-reactive ketones (excluding diaryl/α,β-unsaturated/α-hetero) is 1. The Morgan fingerprint density at radius 3 is 2.70 bits per heavy atom. The van der Waals surface area contributed by atoms with Gasteiger partial charge in [-0.3, -0.25) is 9.59 Å². The Bertz CT molecular complexity index is 596. The number of carbonyl (C=O) groups excluding carboxylic acids is 3. The monoisotopic (exact) mass is 322 g/mol. The van der Waals surface area contributed by atoms with Crippen molar-refractivity contribution in [1.82, 2.24) is 0 Å². The highest BCUT2D eigenvalue weighted by Crippen LogP contribution is 2.56. The number of aliphatic hydroxyl groups excluding tert-OH is 1. The third kappa shape index (κ3) is 2.15. The first kappa shape index (κ1) is 16.2. The van der Waals surface area contributed by atoms with Gasteiger partial charge in [0.15, 0.2) is 0 Å². The summed E-state index contributed by atoms with van der Waals surface area (Å²) in [6.45, 7) is 8.74. The van der Waals surface area contributed by atoms with Crippen molar-refractivity contribution in [3.63, 3.8) is 0 Å². The lowest BCUT2D eigenvalue weighted by Crippen LogP contribution is -2.49. The average Bonchev–Trinajstić information content (AvgIpc) is 2.79. The Hall–Kier alpha value is -1.69. The van der Waals surface area contributed by atoms with Crippen molar-refractivity contribution >= 4 is 17.7 Å². The van der Waals surface area contributed by atoms with E-state index in [-0.39, 0.29) is 29.6 Å². The van der Waals surface area contributed by atoms with Crippen molar-refractivity contribution in [3.05, 3.63) is 12.2 Å². The molecule has 0 radical (unpaired) electrons. The molecule has 3 fully saturated rings. The van der Waals surface area contributed by atoms with Crippen LogP contribution in [0.2, 0.25) is 0 Å². The molecule has 0 amide bonds. The molecular formula is C17H22O6. The predicted octanol–water partition coefficient (Wildman–Crippen LogP) is 1.01. The van der Waals surface area contributed by atoms with Crippen LogP contribution < -0.4 is 0 Å². The van der Waals surface area contributed by atoms with Gasteiger partial charge in [-0.05, 0) is 19.3 Å². The topological polar surface area (TPSA) is 89.9 Å². The minimum atomic E-state index is -1.04. The molecule has 1 saturated heterocycles. The number of hydrogen-bond acceptors (Lipinski definition) is 6. The van der Waals surface area contributed by atoms with Gasteiger partial charge in [0.1, 0.15) is 18.0 Å². The quantitative estimate of drug-likeness (QED) is 0.572. The van der Waals surface area contributed by atoms with Crippen molar-refractivity contribution < 1.29 is 29.0 Å². The van der Waals surface area contributed by atoms with Gasteiger partial charge in [-0.15, -0.1) is 0 Å². The number of hydrogen-bond donors (Lipinski definition) is 1. The Morgan fingerprint density at radius 2 is 2.09 bits per heavy atom. The van der Waals surface area contributed by atoms with Crippen molar-refractivity contribution in [2.45, 2.75) is 51.9 Å². The molecule has 1 heterocycles. The summed E-state index contributed by atoms with van der Waals surface area (Å²) in [6, 6.07) is 0. The van der Waals surface area contributed by atoms with E-state index in [4.69, 9.17) is 9.47 Å². The van der Waals surface area contributed by atoms with Crippen LogP contribution in [0, 0.1) is 23.2 Å². The van der Waals surface area contributed by atoms with Gasteiger partial charge >= 0.3 is 11.9 Å². The first-order chi connectivity index (χ1) is 10.7. The first-order valence-electron chi connectivity index (χ1n) is 7.96. The molecule has 0 aromatic heterocycles. The van der Waals surface area contributed by atoms with Crippen molar-refractivity contribution in [2.75, 3.05) is 0 Å². The molecule has 0 aromatic rings. The summed E-state index contributed by atoms with van der Waals surface area (Å²) in [4.78, 5) is 36.3. The maximum Gasteiger partial charge on any atom is 0.334 e. The number of rotatable bonds is 1. The highest BCUT2D eigenvalue weighted by molar-refractivity contribution is 5.93. The van der Waals surface area contributed by atoms with Gasteiger partial charge < -0.3 is 14.6 Å². The standard InChI is InChI=1S/C17H22O6/c1-7-5-11-13(8(2)16(21)23-11)15(22-9(3)18)17(4)12(20)6-10(19)14(7)17/h7,10-11,13-15,19H,2,5-6H2,1,3-4H3. The minimum absolute atomic E-state index is 0.0436. The number of carbonyl (C=O) groups is 3. The summed E-state index contributed by atoms with van der Waals surface area (Å²) >= 11 is 0. The van der Waals surface area contributed by atoms with Crippen LogP contribution >= 0.6 is 0 Å². The fraction of sp³-hybridized carbons (Fsp3) is 0.706. The molecular weight excluding hydrogens is 300 g/mol. The van der Waals surface area contributed by atoms with Crippen LogP contribution in [0.3, 0.4) is 0 Å². The third-order valence-corrected chi connectivity index (χ3v) is 5.85. The molecule has 6 heteroatoms. The summed E-state index contributed by atoms with van der Waals surface area (Å²) in [5, 5.41) is 10.4. The highest BCUT2D eigenvalue weighted by Gasteiger charge is 2.65. The summed E-state index contributed by atoms with van der Waals surface area (Å²) < 4.78 is 10.9. The van der Waals surface area contributed by atoms with Crippen LogP contribution in [0.5, 0.6) is 0 Å². The molecule has 1 N–H and O–H groups in total. The number of aliphatic hydroxyl groups is 1. The Balaban J connectivity index is 2.14. The maximum atomic E-state index is 12.7. The number of esters is 2. The lowest BCUT2D eigenvalue weighted by molar-refractivity contribution is -0.164. The molecule has 23 heavy (non-hydrogen) atoms. The van der Waals surface area contributed by atoms with Crippen LogP contribution in [0.15, 0.2) is 12.2 Å². The molecule has 3 rings (SSSR count). The molecule has 126 valence electrons. The van der Waals surface area contributed by atoms with Crippen molar-refractivity contribution in [2.24, 2.45) is 23.2 Å². The Morgan fingerprint density at radius 1 is 1.43 bits per heavy atom. The van der Waals surface area contributed by atoms with E-state index < -0.39 is 41.6 Å². The summed E-state index contributed by atoms with van der Waals surface area (Å²) in [5.74, 6) is -2.09. The van der Waals surface area contributed by atoms with Crippen LogP contribution in [0.1, 0.15) is 33.6 Å². The molecule has 6 nitrogen and oxygen atoms in total.